The summed E-state index contributed by atoms with van der Waals surface area (Å²) in [7, 11) is 1.63. The number of pyridine rings is 1. The molecule has 2 aromatic rings. The third kappa shape index (κ3) is 3.39. The first-order valence-corrected chi connectivity index (χ1v) is 6.96. The highest BCUT2D eigenvalue weighted by atomic mass is 79.9. The average Bonchev–Trinajstić information content (AvgIpc) is 2.39. The van der Waals surface area contributed by atoms with Gasteiger partial charge in [0.05, 0.1) is 11.6 Å². The van der Waals surface area contributed by atoms with Crippen LogP contribution in [0.3, 0.4) is 0 Å². The molecule has 5 heteroatoms. The molecule has 100 valence electrons. The summed E-state index contributed by atoms with van der Waals surface area (Å²) in [6, 6.07) is 7.61. The zero-order valence-corrected chi connectivity index (χ0v) is 13.0. The van der Waals surface area contributed by atoms with E-state index in [4.69, 9.17) is 16.3 Å². The molecule has 0 spiro atoms. The van der Waals surface area contributed by atoms with Crippen LogP contribution < -0.4 is 10.1 Å². The summed E-state index contributed by atoms with van der Waals surface area (Å²) in [5.74, 6) is 1.55. The van der Waals surface area contributed by atoms with Gasteiger partial charge in [-0.3, -0.25) is 0 Å². The molecule has 0 atom stereocenters. The van der Waals surface area contributed by atoms with Gasteiger partial charge in [-0.25, -0.2) is 4.98 Å². The molecule has 0 fully saturated rings. The molecule has 1 N–H and O–H groups in total. The Bertz CT molecular complexity index is 590. The average molecular weight is 342 g/mol. The maximum Gasteiger partial charge on any atom is 0.140 e. The number of rotatable bonds is 4. The molecule has 0 aliphatic carbocycles. The minimum Gasteiger partial charge on any atom is -0.496 e. The standard InChI is InChI=1S/C14H14BrClN2O/c1-9-6-11(15)14(17-7-9)18-8-10-12(16)4-3-5-13(10)19-2/h3-7H,8H2,1-2H3,(H,17,18). The molecule has 1 heterocycles. The van der Waals surface area contributed by atoms with Crippen molar-refractivity contribution < 1.29 is 4.74 Å². The first-order valence-electron chi connectivity index (χ1n) is 5.79. The van der Waals surface area contributed by atoms with Gasteiger partial charge in [0.2, 0.25) is 0 Å². The van der Waals surface area contributed by atoms with E-state index in [9.17, 15) is 0 Å². The van der Waals surface area contributed by atoms with E-state index < -0.39 is 0 Å². The van der Waals surface area contributed by atoms with Gasteiger partial charge in [0.1, 0.15) is 11.6 Å². The summed E-state index contributed by atoms with van der Waals surface area (Å²) < 4.78 is 6.24. The predicted octanol–water partition coefficient (Wildman–Crippen LogP) is 4.43. The van der Waals surface area contributed by atoms with Gasteiger partial charge >= 0.3 is 0 Å². The van der Waals surface area contributed by atoms with Crippen LogP contribution in [0.25, 0.3) is 0 Å². The van der Waals surface area contributed by atoms with E-state index in [1.165, 1.54) is 0 Å². The van der Waals surface area contributed by atoms with E-state index in [1.807, 2.05) is 37.4 Å². The second-order valence-electron chi connectivity index (χ2n) is 4.12. The molecule has 1 aromatic carbocycles. The van der Waals surface area contributed by atoms with Crippen molar-refractivity contribution in [1.29, 1.82) is 0 Å². The number of halogens is 2. The van der Waals surface area contributed by atoms with Gasteiger partial charge in [0.25, 0.3) is 0 Å². The summed E-state index contributed by atoms with van der Waals surface area (Å²) >= 11 is 9.67. The zero-order valence-electron chi connectivity index (χ0n) is 10.7. The van der Waals surface area contributed by atoms with Crippen LogP contribution in [0.2, 0.25) is 5.02 Å². The van der Waals surface area contributed by atoms with Crippen LogP contribution in [-0.2, 0) is 6.54 Å². The molecule has 0 amide bonds. The SMILES string of the molecule is COc1cccc(Cl)c1CNc1ncc(C)cc1Br. The van der Waals surface area contributed by atoms with E-state index in [1.54, 1.807) is 7.11 Å². The molecule has 1 aromatic heterocycles. The molecule has 0 saturated carbocycles. The van der Waals surface area contributed by atoms with Crippen molar-refractivity contribution in [3.8, 4) is 5.75 Å². The van der Waals surface area contributed by atoms with Crippen molar-refractivity contribution in [3.05, 3.63) is 51.1 Å². The van der Waals surface area contributed by atoms with Crippen LogP contribution in [0.5, 0.6) is 5.75 Å². The Morgan fingerprint density at radius 2 is 2.21 bits per heavy atom. The van der Waals surface area contributed by atoms with Gasteiger partial charge < -0.3 is 10.1 Å². The molecule has 0 aliphatic rings. The number of anilines is 1. The van der Waals surface area contributed by atoms with Crippen molar-refractivity contribution in [3.63, 3.8) is 0 Å². The molecule has 0 saturated heterocycles. The minimum absolute atomic E-state index is 0.553. The lowest BCUT2D eigenvalue weighted by molar-refractivity contribution is 0.410. The monoisotopic (exact) mass is 340 g/mol. The van der Waals surface area contributed by atoms with E-state index in [2.05, 4.69) is 26.2 Å². The van der Waals surface area contributed by atoms with Gasteiger partial charge in [-0.15, -0.1) is 0 Å². The molecular formula is C14H14BrClN2O. The molecule has 0 unspecified atom stereocenters. The Morgan fingerprint density at radius 1 is 1.42 bits per heavy atom. The number of aromatic nitrogens is 1. The van der Waals surface area contributed by atoms with Crippen LogP contribution >= 0.6 is 27.5 Å². The second-order valence-corrected chi connectivity index (χ2v) is 5.38. The Hall–Kier alpha value is -1.26. The third-order valence-electron chi connectivity index (χ3n) is 2.71. The van der Waals surface area contributed by atoms with Crippen molar-refractivity contribution >= 4 is 33.3 Å². The van der Waals surface area contributed by atoms with Gasteiger partial charge in [-0.05, 0) is 46.6 Å². The van der Waals surface area contributed by atoms with Crippen molar-refractivity contribution in [2.45, 2.75) is 13.5 Å². The highest BCUT2D eigenvalue weighted by Gasteiger charge is 2.08. The van der Waals surface area contributed by atoms with Gasteiger partial charge in [0.15, 0.2) is 0 Å². The van der Waals surface area contributed by atoms with E-state index in [0.29, 0.717) is 11.6 Å². The number of methoxy groups -OCH3 is 1. The Kier molecular flexibility index (Phi) is 4.66. The molecule has 0 bridgehead atoms. The lowest BCUT2D eigenvalue weighted by Gasteiger charge is -2.12. The maximum atomic E-state index is 6.19. The summed E-state index contributed by atoms with van der Waals surface area (Å²) in [6.07, 6.45) is 1.82. The lowest BCUT2D eigenvalue weighted by Crippen LogP contribution is -2.04. The smallest absolute Gasteiger partial charge is 0.140 e. The zero-order chi connectivity index (χ0) is 13.8. The van der Waals surface area contributed by atoms with Crippen molar-refractivity contribution in [2.24, 2.45) is 0 Å². The number of hydrogen-bond acceptors (Lipinski definition) is 3. The normalized spacial score (nSPS) is 10.3. The highest BCUT2D eigenvalue weighted by molar-refractivity contribution is 9.10. The van der Waals surface area contributed by atoms with Crippen molar-refractivity contribution in [1.82, 2.24) is 4.98 Å². The molecule has 0 aliphatic heterocycles. The largest absolute Gasteiger partial charge is 0.496 e. The summed E-state index contributed by atoms with van der Waals surface area (Å²) in [6.45, 7) is 2.55. The lowest BCUT2D eigenvalue weighted by atomic mass is 10.2. The first kappa shape index (κ1) is 14.2. The van der Waals surface area contributed by atoms with Crippen LogP contribution in [-0.4, -0.2) is 12.1 Å². The molecule has 19 heavy (non-hydrogen) atoms. The summed E-state index contributed by atoms with van der Waals surface area (Å²) in [5, 5.41) is 3.93. The van der Waals surface area contributed by atoms with Crippen LogP contribution in [0.1, 0.15) is 11.1 Å². The van der Waals surface area contributed by atoms with Crippen molar-refractivity contribution in [2.75, 3.05) is 12.4 Å². The fraction of sp³-hybridized carbons (Fsp3) is 0.214. The maximum absolute atomic E-state index is 6.19. The molecule has 0 radical (unpaired) electrons. The predicted molar refractivity (Wildman–Crippen MR) is 82.0 cm³/mol. The van der Waals surface area contributed by atoms with Gasteiger partial charge in [0, 0.05) is 23.3 Å². The first-order chi connectivity index (χ1) is 9.11. The van der Waals surface area contributed by atoms with Crippen LogP contribution in [0.15, 0.2) is 34.9 Å². The van der Waals surface area contributed by atoms with E-state index >= 15 is 0 Å². The fourth-order valence-corrected chi connectivity index (χ4v) is 2.57. The van der Waals surface area contributed by atoms with E-state index in [0.717, 1.165) is 27.2 Å². The van der Waals surface area contributed by atoms with Gasteiger partial charge in [-0.1, -0.05) is 17.7 Å². The number of aryl methyl sites for hydroxylation is 1. The number of nitrogens with one attached hydrogen (secondary N) is 1. The number of nitrogens with zero attached hydrogens (tertiary/aromatic N) is 1. The summed E-state index contributed by atoms with van der Waals surface area (Å²) in [5.41, 5.74) is 2.02. The van der Waals surface area contributed by atoms with Crippen LogP contribution in [0, 0.1) is 6.92 Å². The minimum atomic E-state index is 0.553. The Balaban J connectivity index is 2.19. The second kappa shape index (κ2) is 6.26. The number of ether oxygens (including phenoxy) is 1. The van der Waals surface area contributed by atoms with Gasteiger partial charge in [-0.2, -0.15) is 0 Å². The third-order valence-corrected chi connectivity index (χ3v) is 3.66. The fourth-order valence-electron chi connectivity index (χ4n) is 1.74. The number of hydrogen-bond donors (Lipinski definition) is 1. The quantitative estimate of drug-likeness (QED) is 0.893. The summed E-state index contributed by atoms with van der Waals surface area (Å²) in [4.78, 5) is 4.34. The number of benzene rings is 1. The van der Waals surface area contributed by atoms with Crippen LogP contribution in [0.4, 0.5) is 5.82 Å². The Labute approximate surface area is 126 Å². The molecule has 3 nitrogen and oxygen atoms in total. The highest BCUT2D eigenvalue weighted by Crippen LogP contribution is 2.28. The molecule has 2 rings (SSSR count). The van der Waals surface area contributed by atoms with E-state index in [-0.39, 0.29) is 0 Å². The Morgan fingerprint density at radius 3 is 2.89 bits per heavy atom. The molecular weight excluding hydrogens is 328 g/mol. The topological polar surface area (TPSA) is 34.1 Å².